The van der Waals surface area contributed by atoms with E-state index in [0.717, 1.165) is 33.2 Å². The summed E-state index contributed by atoms with van der Waals surface area (Å²) in [5.74, 6) is 0. The zero-order valence-electron chi connectivity index (χ0n) is 10.4. The fourth-order valence-corrected chi connectivity index (χ4v) is 2.11. The van der Waals surface area contributed by atoms with E-state index in [4.69, 9.17) is 23.2 Å². The van der Waals surface area contributed by atoms with Gasteiger partial charge in [0.1, 0.15) is 0 Å². The minimum Gasteiger partial charge on any atom is -0.103 e. The van der Waals surface area contributed by atoms with Gasteiger partial charge in [-0.2, -0.15) is 0 Å². The molecule has 2 aromatic rings. The third-order valence-corrected chi connectivity index (χ3v) is 3.30. The lowest BCUT2D eigenvalue weighted by atomic mass is 9.97. The molecule has 96 valence electrons. The molecule has 2 aromatic carbocycles. The summed E-state index contributed by atoms with van der Waals surface area (Å²) in [5, 5.41) is 1.48. The van der Waals surface area contributed by atoms with Crippen LogP contribution in [0.4, 0.5) is 0 Å². The maximum Gasteiger partial charge on any atom is 0.0406 e. The summed E-state index contributed by atoms with van der Waals surface area (Å²) in [7, 11) is 0. The smallest absolute Gasteiger partial charge is 0.0406 e. The van der Waals surface area contributed by atoms with Gasteiger partial charge in [0, 0.05) is 10.0 Å². The lowest BCUT2D eigenvalue weighted by Crippen LogP contribution is -1.88. The molecule has 0 unspecified atom stereocenters. The van der Waals surface area contributed by atoms with Gasteiger partial charge in [-0.05, 0) is 47.4 Å². The molecule has 0 bridgehead atoms. The van der Waals surface area contributed by atoms with Crippen molar-refractivity contribution >= 4 is 28.8 Å². The molecule has 0 amide bonds. The Kier molecular flexibility index (Phi) is 4.84. The molecule has 0 fully saturated rings. The molecule has 0 saturated heterocycles. The molecule has 0 atom stereocenters. The van der Waals surface area contributed by atoms with Crippen LogP contribution in [0.3, 0.4) is 0 Å². The summed E-state index contributed by atoms with van der Waals surface area (Å²) >= 11 is 11.9. The lowest BCUT2D eigenvalue weighted by Gasteiger charge is -2.09. The van der Waals surface area contributed by atoms with Crippen LogP contribution in [0.5, 0.6) is 0 Å². The molecule has 0 aliphatic heterocycles. The molecule has 0 N–H and O–H groups in total. The lowest BCUT2D eigenvalue weighted by molar-refractivity contribution is 1.39. The first kappa shape index (κ1) is 13.9. The summed E-state index contributed by atoms with van der Waals surface area (Å²) < 4.78 is 0. The third-order valence-electron chi connectivity index (χ3n) is 2.80. The average Bonchev–Trinajstić information content (AvgIpc) is 2.43. The number of halogens is 2. The van der Waals surface area contributed by atoms with E-state index in [2.05, 4.69) is 12.7 Å². The monoisotopic (exact) mass is 288 g/mol. The van der Waals surface area contributed by atoms with Gasteiger partial charge < -0.3 is 0 Å². The summed E-state index contributed by atoms with van der Waals surface area (Å²) in [4.78, 5) is 0. The van der Waals surface area contributed by atoms with Gasteiger partial charge >= 0.3 is 0 Å². The van der Waals surface area contributed by atoms with Crippen molar-refractivity contribution in [2.75, 3.05) is 0 Å². The van der Waals surface area contributed by atoms with Gasteiger partial charge in [0.2, 0.25) is 0 Å². The van der Waals surface area contributed by atoms with E-state index < -0.39 is 0 Å². The summed E-state index contributed by atoms with van der Waals surface area (Å²) in [5.41, 5.74) is 3.43. The van der Waals surface area contributed by atoms with Crippen LogP contribution in [0, 0.1) is 0 Å². The Labute approximate surface area is 124 Å². The van der Waals surface area contributed by atoms with E-state index in [1.54, 1.807) is 0 Å². The van der Waals surface area contributed by atoms with Gasteiger partial charge in [0.25, 0.3) is 0 Å². The Hall–Kier alpha value is -1.50. The summed E-state index contributed by atoms with van der Waals surface area (Å²) in [6.45, 7) is 3.76. The molecule has 0 aromatic heterocycles. The van der Waals surface area contributed by atoms with E-state index in [-0.39, 0.29) is 0 Å². The van der Waals surface area contributed by atoms with Crippen molar-refractivity contribution in [3.8, 4) is 0 Å². The zero-order chi connectivity index (χ0) is 13.7. The van der Waals surface area contributed by atoms with E-state index in [0.29, 0.717) is 0 Å². The van der Waals surface area contributed by atoms with Gasteiger partial charge in [-0.25, -0.2) is 0 Å². The van der Waals surface area contributed by atoms with Crippen LogP contribution in [0.2, 0.25) is 10.0 Å². The molecular formula is C17H14Cl2. The highest BCUT2D eigenvalue weighted by atomic mass is 35.5. The highest BCUT2D eigenvalue weighted by Gasteiger charge is 2.04. The van der Waals surface area contributed by atoms with Crippen LogP contribution in [-0.2, 0) is 0 Å². The quantitative estimate of drug-likeness (QED) is 0.605. The van der Waals surface area contributed by atoms with Crippen LogP contribution in [0.15, 0.2) is 67.3 Å². The summed E-state index contributed by atoms with van der Waals surface area (Å²) in [6.07, 6.45) is 4.85. The molecule has 0 aliphatic rings. The van der Waals surface area contributed by atoms with E-state index >= 15 is 0 Å². The van der Waals surface area contributed by atoms with Gasteiger partial charge in [-0.1, -0.05) is 59.6 Å². The molecule has 2 rings (SSSR count). The molecule has 2 heteroatoms. The summed E-state index contributed by atoms with van der Waals surface area (Å²) in [6, 6.07) is 15.7. The maximum atomic E-state index is 5.93. The Bertz CT molecular complexity index is 530. The number of rotatable bonds is 4. The Morgan fingerprint density at radius 1 is 0.842 bits per heavy atom. The molecule has 0 aliphatic carbocycles. The molecule has 19 heavy (non-hydrogen) atoms. The van der Waals surface area contributed by atoms with Crippen molar-refractivity contribution in [1.29, 1.82) is 0 Å². The first-order chi connectivity index (χ1) is 9.20. The Balaban J connectivity index is 2.44. The number of hydrogen-bond acceptors (Lipinski definition) is 0. The minimum atomic E-state index is 0.739. The van der Waals surface area contributed by atoms with E-state index in [1.807, 2.05) is 54.6 Å². The van der Waals surface area contributed by atoms with Crippen molar-refractivity contribution in [2.24, 2.45) is 0 Å². The van der Waals surface area contributed by atoms with Crippen LogP contribution < -0.4 is 0 Å². The van der Waals surface area contributed by atoms with Crippen molar-refractivity contribution in [2.45, 2.75) is 6.42 Å². The standard InChI is InChI=1S/C17H14Cl2/c1-2-3-4-17(13-5-9-15(18)10-6-13)14-7-11-16(19)12-8-14/h2,4-12H,1,3H2. The highest BCUT2D eigenvalue weighted by molar-refractivity contribution is 6.31. The first-order valence-corrected chi connectivity index (χ1v) is 6.79. The van der Waals surface area contributed by atoms with Crippen LogP contribution in [-0.4, -0.2) is 0 Å². The van der Waals surface area contributed by atoms with Gasteiger partial charge in [-0.3, -0.25) is 0 Å². The van der Waals surface area contributed by atoms with Gasteiger partial charge in [-0.15, -0.1) is 6.58 Å². The van der Waals surface area contributed by atoms with Crippen LogP contribution >= 0.6 is 23.2 Å². The van der Waals surface area contributed by atoms with Crippen molar-refractivity contribution < 1.29 is 0 Å². The number of allylic oxidation sites excluding steroid dienone is 2. The second-order valence-corrected chi connectivity index (χ2v) is 5.03. The van der Waals surface area contributed by atoms with Crippen molar-refractivity contribution in [3.63, 3.8) is 0 Å². The SMILES string of the molecule is C=CCC=C(c1ccc(Cl)cc1)c1ccc(Cl)cc1. The molecule has 0 spiro atoms. The molecular weight excluding hydrogens is 275 g/mol. The minimum absolute atomic E-state index is 0.739. The average molecular weight is 289 g/mol. The molecule has 0 radical (unpaired) electrons. The molecule has 0 heterocycles. The number of hydrogen-bond donors (Lipinski definition) is 0. The van der Waals surface area contributed by atoms with Gasteiger partial charge in [0.05, 0.1) is 0 Å². The Morgan fingerprint density at radius 3 is 1.63 bits per heavy atom. The van der Waals surface area contributed by atoms with E-state index in [9.17, 15) is 0 Å². The normalized spacial score (nSPS) is 10.0. The fourth-order valence-electron chi connectivity index (χ4n) is 1.86. The van der Waals surface area contributed by atoms with Crippen molar-refractivity contribution in [3.05, 3.63) is 88.4 Å². The number of benzene rings is 2. The van der Waals surface area contributed by atoms with Crippen LogP contribution in [0.25, 0.3) is 5.57 Å². The zero-order valence-corrected chi connectivity index (χ0v) is 12.0. The van der Waals surface area contributed by atoms with E-state index in [1.165, 1.54) is 0 Å². The highest BCUT2D eigenvalue weighted by Crippen LogP contribution is 2.26. The molecule has 0 nitrogen and oxygen atoms in total. The largest absolute Gasteiger partial charge is 0.103 e. The fraction of sp³-hybridized carbons (Fsp3) is 0.0588. The second kappa shape index (κ2) is 6.60. The Morgan fingerprint density at radius 2 is 1.26 bits per heavy atom. The predicted molar refractivity (Wildman–Crippen MR) is 84.8 cm³/mol. The maximum absolute atomic E-state index is 5.93. The molecule has 0 saturated carbocycles. The van der Waals surface area contributed by atoms with Gasteiger partial charge in [0.15, 0.2) is 0 Å². The first-order valence-electron chi connectivity index (χ1n) is 6.03. The topological polar surface area (TPSA) is 0 Å². The predicted octanol–water partition coefficient (Wildman–Crippen LogP) is 6.00. The van der Waals surface area contributed by atoms with Crippen molar-refractivity contribution in [1.82, 2.24) is 0 Å². The third kappa shape index (κ3) is 3.73. The van der Waals surface area contributed by atoms with Crippen LogP contribution in [0.1, 0.15) is 17.5 Å². The second-order valence-electron chi connectivity index (χ2n) is 4.16.